The van der Waals surface area contributed by atoms with Gasteiger partial charge in [0.2, 0.25) is 0 Å². The maximum atomic E-state index is 11.8. The van der Waals surface area contributed by atoms with Gasteiger partial charge >= 0.3 is 0 Å². The van der Waals surface area contributed by atoms with Gasteiger partial charge in [-0.25, -0.2) is 0 Å². The lowest BCUT2D eigenvalue weighted by Crippen LogP contribution is -2.34. The fourth-order valence-corrected chi connectivity index (χ4v) is 2.29. The van der Waals surface area contributed by atoms with Gasteiger partial charge in [0.25, 0.3) is 5.91 Å². The van der Waals surface area contributed by atoms with E-state index in [1.165, 1.54) is 0 Å². The number of nitrogens with one attached hydrogen (secondary N) is 1. The minimum Gasteiger partial charge on any atom is -0.483 e. The van der Waals surface area contributed by atoms with Crippen LogP contribution in [0.3, 0.4) is 0 Å². The van der Waals surface area contributed by atoms with Gasteiger partial charge < -0.3 is 15.2 Å². The molecular weight excluding hydrogens is 254 g/mol. The molecule has 2 N–H and O–H groups in total. The first-order chi connectivity index (χ1) is 9.56. The van der Waals surface area contributed by atoms with Crippen LogP contribution in [0.4, 0.5) is 0 Å². The Kier molecular flexibility index (Phi) is 4.65. The third-order valence-corrected chi connectivity index (χ3v) is 4.17. The van der Waals surface area contributed by atoms with Gasteiger partial charge in [-0.2, -0.15) is 0 Å². The summed E-state index contributed by atoms with van der Waals surface area (Å²) in [5.41, 5.74) is 2.37. The maximum absolute atomic E-state index is 11.8. The molecule has 20 heavy (non-hydrogen) atoms. The van der Waals surface area contributed by atoms with Crippen LogP contribution in [0.5, 0.6) is 5.75 Å². The molecule has 4 nitrogen and oxygen atoms in total. The summed E-state index contributed by atoms with van der Waals surface area (Å²) in [7, 11) is 0. The summed E-state index contributed by atoms with van der Waals surface area (Å²) in [5.74, 6) is 0.659. The number of amides is 1. The van der Waals surface area contributed by atoms with Crippen LogP contribution >= 0.6 is 0 Å². The van der Waals surface area contributed by atoms with Gasteiger partial charge in [0.1, 0.15) is 5.75 Å². The van der Waals surface area contributed by atoms with Crippen LogP contribution in [0.15, 0.2) is 18.2 Å². The molecule has 4 heteroatoms. The molecule has 0 heterocycles. The first kappa shape index (κ1) is 14.9. The van der Waals surface area contributed by atoms with E-state index in [0.29, 0.717) is 6.54 Å². The SMILES string of the molecule is Cc1cccc(OCC(=O)NCC2(CCO)CC2)c1C. The van der Waals surface area contributed by atoms with E-state index in [1.807, 2.05) is 32.0 Å². The highest BCUT2D eigenvalue weighted by molar-refractivity contribution is 5.77. The van der Waals surface area contributed by atoms with E-state index in [0.717, 1.165) is 36.1 Å². The zero-order valence-electron chi connectivity index (χ0n) is 12.2. The molecule has 110 valence electrons. The summed E-state index contributed by atoms with van der Waals surface area (Å²) in [4.78, 5) is 11.8. The van der Waals surface area contributed by atoms with Crippen molar-refractivity contribution in [1.82, 2.24) is 5.32 Å². The van der Waals surface area contributed by atoms with Crippen molar-refractivity contribution < 1.29 is 14.6 Å². The monoisotopic (exact) mass is 277 g/mol. The number of hydrogen-bond donors (Lipinski definition) is 2. The van der Waals surface area contributed by atoms with Crippen molar-refractivity contribution in [1.29, 1.82) is 0 Å². The van der Waals surface area contributed by atoms with Crippen LogP contribution in [0.2, 0.25) is 0 Å². The molecule has 1 aliphatic rings. The van der Waals surface area contributed by atoms with Gasteiger partial charge in [-0.3, -0.25) is 4.79 Å². The summed E-state index contributed by atoms with van der Waals surface area (Å²) >= 11 is 0. The average molecular weight is 277 g/mol. The van der Waals surface area contributed by atoms with Crippen LogP contribution in [-0.4, -0.2) is 30.8 Å². The molecule has 1 aromatic rings. The minimum absolute atomic E-state index is 0.0412. The molecule has 0 spiro atoms. The Balaban J connectivity index is 1.76. The van der Waals surface area contributed by atoms with E-state index in [1.54, 1.807) is 0 Å². The maximum Gasteiger partial charge on any atom is 0.257 e. The van der Waals surface area contributed by atoms with Gasteiger partial charge in [-0.1, -0.05) is 12.1 Å². The molecule has 0 aromatic heterocycles. The molecule has 1 saturated carbocycles. The third kappa shape index (κ3) is 3.73. The Labute approximate surface area is 120 Å². The van der Waals surface area contributed by atoms with Crippen molar-refractivity contribution >= 4 is 5.91 Å². The molecule has 1 amide bonds. The lowest BCUT2D eigenvalue weighted by Gasteiger charge is -2.15. The van der Waals surface area contributed by atoms with Gasteiger partial charge in [-0.15, -0.1) is 0 Å². The largest absolute Gasteiger partial charge is 0.483 e. The number of benzene rings is 1. The Bertz CT molecular complexity index is 481. The number of carbonyl (C=O) groups is 1. The Hall–Kier alpha value is -1.55. The summed E-state index contributed by atoms with van der Waals surface area (Å²) in [5, 5.41) is 11.9. The van der Waals surface area contributed by atoms with Crippen molar-refractivity contribution in [2.24, 2.45) is 5.41 Å². The fraction of sp³-hybridized carbons (Fsp3) is 0.562. The normalized spacial score (nSPS) is 15.8. The molecule has 0 saturated heterocycles. The highest BCUT2D eigenvalue weighted by Crippen LogP contribution is 2.47. The van der Waals surface area contributed by atoms with Gasteiger partial charge in [0, 0.05) is 13.2 Å². The summed E-state index contributed by atoms with van der Waals surface area (Å²) in [6.07, 6.45) is 2.95. The average Bonchev–Trinajstić information content (AvgIpc) is 3.19. The predicted molar refractivity (Wildman–Crippen MR) is 77.8 cm³/mol. The highest BCUT2D eigenvalue weighted by atomic mass is 16.5. The zero-order valence-corrected chi connectivity index (χ0v) is 12.2. The van der Waals surface area contributed by atoms with Crippen LogP contribution in [0.1, 0.15) is 30.4 Å². The third-order valence-electron chi connectivity index (χ3n) is 4.17. The first-order valence-corrected chi connectivity index (χ1v) is 7.13. The first-order valence-electron chi connectivity index (χ1n) is 7.13. The number of aliphatic hydroxyl groups is 1. The molecule has 0 aliphatic heterocycles. The van der Waals surface area contributed by atoms with Crippen molar-refractivity contribution in [2.75, 3.05) is 19.8 Å². The lowest BCUT2D eigenvalue weighted by molar-refractivity contribution is -0.123. The topological polar surface area (TPSA) is 58.6 Å². The minimum atomic E-state index is -0.102. The molecule has 2 rings (SSSR count). The van der Waals surface area contributed by atoms with E-state index in [-0.39, 0.29) is 24.5 Å². The van der Waals surface area contributed by atoms with Crippen molar-refractivity contribution in [3.05, 3.63) is 29.3 Å². The number of carbonyl (C=O) groups excluding carboxylic acids is 1. The van der Waals surface area contributed by atoms with E-state index in [4.69, 9.17) is 9.84 Å². The van der Waals surface area contributed by atoms with Crippen molar-refractivity contribution in [2.45, 2.75) is 33.1 Å². The van der Waals surface area contributed by atoms with Crippen molar-refractivity contribution in [3.63, 3.8) is 0 Å². The van der Waals surface area contributed by atoms with Gasteiger partial charge in [-0.05, 0) is 55.7 Å². The van der Waals surface area contributed by atoms with Crippen LogP contribution in [-0.2, 0) is 4.79 Å². The quantitative estimate of drug-likeness (QED) is 0.801. The highest BCUT2D eigenvalue weighted by Gasteiger charge is 2.41. The molecule has 1 aliphatic carbocycles. The number of rotatable bonds is 7. The Morgan fingerprint density at radius 3 is 2.80 bits per heavy atom. The Morgan fingerprint density at radius 2 is 2.15 bits per heavy atom. The predicted octanol–water partition coefficient (Wildman–Crippen LogP) is 1.96. The van der Waals surface area contributed by atoms with E-state index >= 15 is 0 Å². The second kappa shape index (κ2) is 6.27. The van der Waals surface area contributed by atoms with E-state index in [2.05, 4.69) is 5.32 Å². The molecule has 0 unspecified atom stereocenters. The molecule has 0 atom stereocenters. The summed E-state index contributed by atoms with van der Waals surface area (Å²) in [6.45, 7) is 4.88. The molecular formula is C16H23NO3. The molecule has 0 radical (unpaired) electrons. The lowest BCUT2D eigenvalue weighted by atomic mass is 10.0. The van der Waals surface area contributed by atoms with Crippen LogP contribution in [0.25, 0.3) is 0 Å². The van der Waals surface area contributed by atoms with E-state index < -0.39 is 0 Å². The molecule has 1 aromatic carbocycles. The van der Waals surface area contributed by atoms with Crippen LogP contribution < -0.4 is 10.1 Å². The van der Waals surface area contributed by atoms with Gasteiger partial charge in [0.15, 0.2) is 6.61 Å². The number of hydrogen-bond acceptors (Lipinski definition) is 3. The van der Waals surface area contributed by atoms with Gasteiger partial charge in [0.05, 0.1) is 0 Å². The van der Waals surface area contributed by atoms with E-state index in [9.17, 15) is 4.79 Å². The smallest absolute Gasteiger partial charge is 0.257 e. The van der Waals surface area contributed by atoms with Crippen LogP contribution in [0, 0.1) is 19.3 Å². The standard InChI is InChI=1S/C16H23NO3/c1-12-4-3-5-14(13(12)2)20-10-15(19)17-11-16(6-7-16)8-9-18/h3-5,18H,6-11H2,1-2H3,(H,17,19). The number of aliphatic hydroxyl groups excluding tert-OH is 1. The number of aryl methyl sites for hydroxylation is 1. The fourth-order valence-electron chi connectivity index (χ4n) is 2.29. The summed E-state index contributed by atoms with van der Waals surface area (Å²) < 4.78 is 5.56. The number of ether oxygens (including phenoxy) is 1. The van der Waals surface area contributed by atoms with Crippen molar-refractivity contribution in [3.8, 4) is 5.75 Å². The summed E-state index contributed by atoms with van der Waals surface area (Å²) in [6, 6.07) is 5.83. The molecule has 0 bridgehead atoms. The second-order valence-corrected chi connectivity index (χ2v) is 5.74. The second-order valence-electron chi connectivity index (χ2n) is 5.74. The molecule has 1 fully saturated rings. The zero-order chi connectivity index (χ0) is 14.6. The Morgan fingerprint density at radius 1 is 1.40 bits per heavy atom.